The molecule has 1 aromatic carbocycles. The predicted molar refractivity (Wildman–Crippen MR) is 61.2 cm³/mol. The average molecular weight is 230 g/mol. The van der Waals surface area contributed by atoms with Gasteiger partial charge in [-0.3, -0.25) is 0 Å². The Morgan fingerprint density at radius 2 is 2.21 bits per heavy atom. The molecule has 1 atom stereocenters. The fourth-order valence-corrected chi connectivity index (χ4v) is 2.48. The van der Waals surface area contributed by atoms with Crippen molar-refractivity contribution in [1.82, 2.24) is 5.32 Å². The van der Waals surface area contributed by atoms with Crippen LogP contribution in [0.2, 0.25) is 10.0 Å². The number of benzene rings is 1. The van der Waals surface area contributed by atoms with Gasteiger partial charge in [0.2, 0.25) is 0 Å². The molecule has 0 aliphatic carbocycles. The van der Waals surface area contributed by atoms with E-state index in [0.717, 1.165) is 24.4 Å². The van der Waals surface area contributed by atoms with Gasteiger partial charge in [0, 0.05) is 6.04 Å². The molecule has 1 aliphatic rings. The monoisotopic (exact) mass is 229 g/mol. The van der Waals surface area contributed by atoms with Gasteiger partial charge in [-0.15, -0.1) is 0 Å². The Morgan fingerprint density at radius 3 is 2.93 bits per heavy atom. The van der Waals surface area contributed by atoms with Crippen molar-refractivity contribution < 1.29 is 0 Å². The molecule has 0 bridgehead atoms. The molecule has 2 rings (SSSR count). The molecule has 0 aromatic heterocycles. The molecule has 0 saturated carbocycles. The smallest absolute Gasteiger partial charge is 0.0628 e. The number of hydrogen-bond acceptors (Lipinski definition) is 1. The molecule has 0 saturated heterocycles. The van der Waals surface area contributed by atoms with Crippen molar-refractivity contribution in [2.75, 3.05) is 6.54 Å². The van der Waals surface area contributed by atoms with Crippen LogP contribution in [0.1, 0.15) is 30.5 Å². The zero-order valence-corrected chi connectivity index (χ0v) is 9.62. The summed E-state index contributed by atoms with van der Waals surface area (Å²) in [6.45, 7) is 3.17. The zero-order valence-electron chi connectivity index (χ0n) is 8.11. The molecule has 0 fully saturated rings. The Kier molecular flexibility index (Phi) is 3.01. The normalized spacial score (nSPS) is 20.6. The molecule has 1 N–H and O–H groups in total. The number of fused-ring (bicyclic) bond motifs is 1. The first kappa shape index (κ1) is 10.3. The van der Waals surface area contributed by atoms with Gasteiger partial charge in [0.05, 0.1) is 10.0 Å². The van der Waals surface area contributed by atoms with E-state index in [1.54, 1.807) is 0 Å². The van der Waals surface area contributed by atoms with Crippen LogP contribution in [0, 0.1) is 0 Å². The minimum Gasteiger partial charge on any atom is -0.310 e. The van der Waals surface area contributed by atoms with Gasteiger partial charge in [0.1, 0.15) is 0 Å². The molecule has 76 valence electrons. The van der Waals surface area contributed by atoms with Crippen molar-refractivity contribution in [3.05, 3.63) is 33.3 Å². The number of nitrogens with one attached hydrogen (secondary N) is 1. The Hall–Kier alpha value is -0.240. The van der Waals surface area contributed by atoms with Crippen LogP contribution in [0.25, 0.3) is 0 Å². The quantitative estimate of drug-likeness (QED) is 0.777. The standard InChI is InChI=1S/C11H13Cl2N/c1-2-10-7-3-4-9(12)11(13)8(7)5-6-14-10/h3-4,10,14H,2,5-6H2,1H3. The summed E-state index contributed by atoms with van der Waals surface area (Å²) >= 11 is 12.2. The van der Waals surface area contributed by atoms with Gasteiger partial charge >= 0.3 is 0 Å². The average Bonchev–Trinajstić information content (AvgIpc) is 2.23. The van der Waals surface area contributed by atoms with Crippen LogP contribution in [0.3, 0.4) is 0 Å². The lowest BCUT2D eigenvalue weighted by atomic mass is 9.93. The fraction of sp³-hybridized carbons (Fsp3) is 0.455. The molecule has 3 heteroatoms. The third-order valence-corrected chi connectivity index (χ3v) is 3.63. The van der Waals surface area contributed by atoms with Gasteiger partial charge in [-0.2, -0.15) is 0 Å². The van der Waals surface area contributed by atoms with Crippen molar-refractivity contribution >= 4 is 23.2 Å². The SMILES string of the molecule is CCC1NCCc2c1ccc(Cl)c2Cl. The maximum absolute atomic E-state index is 6.17. The van der Waals surface area contributed by atoms with Crippen LogP contribution in [0.4, 0.5) is 0 Å². The van der Waals surface area contributed by atoms with Gasteiger partial charge < -0.3 is 5.32 Å². The van der Waals surface area contributed by atoms with E-state index in [1.165, 1.54) is 11.1 Å². The van der Waals surface area contributed by atoms with E-state index >= 15 is 0 Å². The molecule has 0 spiro atoms. The maximum atomic E-state index is 6.17. The molecule has 14 heavy (non-hydrogen) atoms. The van der Waals surface area contributed by atoms with Crippen molar-refractivity contribution in [3.63, 3.8) is 0 Å². The van der Waals surface area contributed by atoms with E-state index < -0.39 is 0 Å². The highest BCUT2D eigenvalue weighted by Crippen LogP contribution is 2.34. The van der Waals surface area contributed by atoms with Crippen molar-refractivity contribution in [3.8, 4) is 0 Å². The van der Waals surface area contributed by atoms with E-state index in [4.69, 9.17) is 23.2 Å². The van der Waals surface area contributed by atoms with Crippen LogP contribution < -0.4 is 5.32 Å². The molecule has 1 nitrogen and oxygen atoms in total. The summed E-state index contributed by atoms with van der Waals surface area (Å²) in [6, 6.07) is 4.41. The van der Waals surface area contributed by atoms with E-state index in [0.29, 0.717) is 11.1 Å². The van der Waals surface area contributed by atoms with Crippen LogP contribution in [-0.4, -0.2) is 6.54 Å². The van der Waals surface area contributed by atoms with E-state index in [9.17, 15) is 0 Å². The summed E-state index contributed by atoms with van der Waals surface area (Å²) in [6.07, 6.45) is 2.07. The van der Waals surface area contributed by atoms with Crippen LogP contribution in [-0.2, 0) is 6.42 Å². The number of hydrogen-bond donors (Lipinski definition) is 1. The Balaban J connectivity index is 2.50. The van der Waals surface area contributed by atoms with Crippen LogP contribution in [0.15, 0.2) is 12.1 Å². The second-order valence-corrected chi connectivity index (χ2v) is 4.38. The minimum atomic E-state index is 0.438. The van der Waals surface area contributed by atoms with Gasteiger partial charge in [-0.1, -0.05) is 36.2 Å². The number of rotatable bonds is 1. The lowest BCUT2D eigenvalue weighted by Crippen LogP contribution is -2.29. The van der Waals surface area contributed by atoms with E-state index in [1.807, 2.05) is 6.07 Å². The highest BCUT2D eigenvalue weighted by Gasteiger charge is 2.20. The minimum absolute atomic E-state index is 0.438. The van der Waals surface area contributed by atoms with Gasteiger partial charge in [0.15, 0.2) is 0 Å². The molecule has 1 aliphatic heterocycles. The fourth-order valence-electron chi connectivity index (χ4n) is 2.03. The first-order chi connectivity index (χ1) is 6.74. The molecular weight excluding hydrogens is 217 g/mol. The van der Waals surface area contributed by atoms with Crippen molar-refractivity contribution in [1.29, 1.82) is 0 Å². The van der Waals surface area contributed by atoms with E-state index in [2.05, 4.69) is 18.3 Å². The summed E-state index contributed by atoms with van der Waals surface area (Å²) in [7, 11) is 0. The summed E-state index contributed by atoms with van der Waals surface area (Å²) < 4.78 is 0. The Labute approximate surface area is 94.4 Å². The largest absolute Gasteiger partial charge is 0.310 e. The summed E-state index contributed by atoms with van der Waals surface area (Å²) in [5.41, 5.74) is 2.54. The lowest BCUT2D eigenvalue weighted by molar-refractivity contribution is 0.493. The first-order valence-corrected chi connectivity index (χ1v) is 5.69. The highest BCUT2D eigenvalue weighted by molar-refractivity contribution is 6.42. The molecular formula is C11H13Cl2N. The third kappa shape index (κ3) is 1.65. The second-order valence-electron chi connectivity index (χ2n) is 3.59. The van der Waals surface area contributed by atoms with Crippen molar-refractivity contribution in [2.24, 2.45) is 0 Å². The number of halogens is 2. The van der Waals surface area contributed by atoms with Crippen LogP contribution >= 0.6 is 23.2 Å². The second kappa shape index (κ2) is 4.09. The molecule has 1 unspecified atom stereocenters. The lowest BCUT2D eigenvalue weighted by Gasteiger charge is -2.27. The Morgan fingerprint density at radius 1 is 1.43 bits per heavy atom. The van der Waals surface area contributed by atoms with Crippen molar-refractivity contribution in [2.45, 2.75) is 25.8 Å². The molecule has 1 heterocycles. The molecule has 0 amide bonds. The molecule has 1 aromatic rings. The Bertz CT molecular complexity index is 349. The first-order valence-electron chi connectivity index (χ1n) is 4.94. The topological polar surface area (TPSA) is 12.0 Å². The van der Waals surface area contributed by atoms with Gasteiger partial charge in [-0.05, 0) is 36.6 Å². The summed E-state index contributed by atoms with van der Waals surface area (Å²) in [5.74, 6) is 0. The molecule has 0 radical (unpaired) electrons. The van der Waals surface area contributed by atoms with Gasteiger partial charge in [0.25, 0.3) is 0 Å². The van der Waals surface area contributed by atoms with Crippen LogP contribution in [0.5, 0.6) is 0 Å². The third-order valence-electron chi connectivity index (χ3n) is 2.78. The van der Waals surface area contributed by atoms with Gasteiger partial charge in [-0.25, -0.2) is 0 Å². The maximum Gasteiger partial charge on any atom is 0.0628 e. The summed E-state index contributed by atoms with van der Waals surface area (Å²) in [5, 5.41) is 4.88. The van der Waals surface area contributed by atoms with E-state index in [-0.39, 0.29) is 0 Å². The summed E-state index contributed by atoms with van der Waals surface area (Å²) in [4.78, 5) is 0. The highest BCUT2D eigenvalue weighted by atomic mass is 35.5. The zero-order chi connectivity index (χ0) is 10.1. The predicted octanol–water partition coefficient (Wildman–Crippen LogP) is 3.59.